The Labute approximate surface area is 172 Å². The predicted molar refractivity (Wildman–Crippen MR) is 114 cm³/mol. The van der Waals surface area contributed by atoms with Crippen LogP contribution in [0.15, 0.2) is 65.1 Å². The number of ether oxygens (including phenoxy) is 1. The minimum Gasteiger partial charge on any atom is -0.497 e. The van der Waals surface area contributed by atoms with Crippen molar-refractivity contribution in [2.75, 3.05) is 25.0 Å². The van der Waals surface area contributed by atoms with E-state index in [9.17, 15) is 13.2 Å². The maximum atomic E-state index is 12.8. The largest absolute Gasteiger partial charge is 0.497 e. The van der Waals surface area contributed by atoms with E-state index in [-0.39, 0.29) is 10.8 Å². The summed E-state index contributed by atoms with van der Waals surface area (Å²) in [6.07, 6.45) is 6.70. The van der Waals surface area contributed by atoms with Gasteiger partial charge in [-0.05, 0) is 74.2 Å². The topological polar surface area (TPSA) is 75.7 Å². The lowest BCUT2D eigenvalue weighted by atomic mass is 9.99. The fraction of sp³-hybridized carbons (Fsp3) is 0.318. The second-order valence-electron chi connectivity index (χ2n) is 6.99. The Balaban J connectivity index is 1.67. The molecule has 0 heterocycles. The molecule has 2 aromatic rings. The summed E-state index contributed by atoms with van der Waals surface area (Å²) in [4.78, 5) is 12.5. The second-order valence-corrected chi connectivity index (χ2v) is 8.96. The number of methoxy groups -OCH3 is 1. The Morgan fingerprint density at radius 3 is 2.34 bits per heavy atom. The first kappa shape index (κ1) is 20.9. The maximum Gasteiger partial charge on any atom is 0.264 e. The molecule has 1 aliphatic carbocycles. The molecule has 1 aliphatic rings. The molecule has 0 saturated carbocycles. The number of sulfonamides is 1. The van der Waals surface area contributed by atoms with Gasteiger partial charge in [-0.2, -0.15) is 0 Å². The zero-order valence-corrected chi connectivity index (χ0v) is 17.5. The number of allylic oxidation sites excluding steroid dienone is 1. The number of hydrogen-bond donors (Lipinski definition) is 1. The number of carbonyl (C=O) groups is 1. The summed E-state index contributed by atoms with van der Waals surface area (Å²) in [5, 5.41) is 2.93. The van der Waals surface area contributed by atoms with Crippen LogP contribution in [0.2, 0.25) is 0 Å². The number of anilines is 1. The fourth-order valence-electron chi connectivity index (χ4n) is 3.23. The minimum atomic E-state index is -3.71. The molecule has 29 heavy (non-hydrogen) atoms. The molecule has 0 saturated heterocycles. The molecule has 0 spiro atoms. The molecular formula is C22H26N2O4S. The van der Waals surface area contributed by atoms with Gasteiger partial charge in [-0.25, -0.2) is 8.42 Å². The number of nitrogens with one attached hydrogen (secondary N) is 1. The average Bonchev–Trinajstić information content (AvgIpc) is 2.77. The molecule has 1 N–H and O–H groups in total. The molecule has 0 radical (unpaired) electrons. The van der Waals surface area contributed by atoms with Crippen molar-refractivity contribution in [2.24, 2.45) is 0 Å². The van der Waals surface area contributed by atoms with Gasteiger partial charge in [0.1, 0.15) is 5.75 Å². The molecule has 0 bridgehead atoms. The van der Waals surface area contributed by atoms with Crippen molar-refractivity contribution in [1.82, 2.24) is 5.32 Å². The quantitative estimate of drug-likeness (QED) is 0.700. The van der Waals surface area contributed by atoms with Crippen LogP contribution in [-0.4, -0.2) is 35.0 Å². The molecule has 0 unspecified atom stereocenters. The van der Waals surface area contributed by atoms with Gasteiger partial charge < -0.3 is 10.1 Å². The van der Waals surface area contributed by atoms with Gasteiger partial charge in [0, 0.05) is 19.2 Å². The van der Waals surface area contributed by atoms with Crippen molar-refractivity contribution < 1.29 is 17.9 Å². The number of nitrogens with zero attached hydrogens (tertiary/aromatic N) is 1. The lowest BCUT2D eigenvalue weighted by molar-refractivity contribution is 0.0956. The van der Waals surface area contributed by atoms with Crippen LogP contribution in [0.4, 0.5) is 5.69 Å². The van der Waals surface area contributed by atoms with Crippen LogP contribution in [0.1, 0.15) is 36.0 Å². The third-order valence-corrected chi connectivity index (χ3v) is 6.87. The van der Waals surface area contributed by atoms with Crippen molar-refractivity contribution in [1.29, 1.82) is 0 Å². The maximum absolute atomic E-state index is 12.8. The molecule has 3 rings (SSSR count). The Morgan fingerprint density at radius 1 is 1.07 bits per heavy atom. The third-order valence-electron chi connectivity index (χ3n) is 5.07. The van der Waals surface area contributed by atoms with Gasteiger partial charge in [0.05, 0.1) is 17.7 Å². The number of benzene rings is 2. The summed E-state index contributed by atoms with van der Waals surface area (Å²) >= 11 is 0. The van der Waals surface area contributed by atoms with E-state index in [1.807, 2.05) is 0 Å². The third kappa shape index (κ3) is 4.98. The predicted octanol–water partition coefficient (Wildman–Crippen LogP) is 3.75. The SMILES string of the molecule is COc1ccc(S(=O)(=O)N(C)c2ccc(C(=O)NCC3=CCCCC3)cc2)cc1. The van der Waals surface area contributed by atoms with Crippen molar-refractivity contribution in [3.8, 4) is 5.75 Å². The molecule has 0 aromatic heterocycles. The fourth-order valence-corrected chi connectivity index (χ4v) is 4.42. The van der Waals surface area contributed by atoms with Crippen molar-refractivity contribution in [3.05, 3.63) is 65.7 Å². The zero-order chi connectivity index (χ0) is 20.9. The summed E-state index contributed by atoms with van der Waals surface area (Å²) < 4.78 is 31.9. The summed E-state index contributed by atoms with van der Waals surface area (Å²) in [5.41, 5.74) is 2.25. The molecule has 0 aliphatic heterocycles. The number of carbonyl (C=O) groups excluding carboxylic acids is 1. The Bertz CT molecular complexity index is 980. The lowest BCUT2D eigenvalue weighted by Gasteiger charge is -2.20. The summed E-state index contributed by atoms with van der Waals surface area (Å²) in [6.45, 7) is 0.562. The molecule has 7 heteroatoms. The van der Waals surface area contributed by atoms with Gasteiger partial charge in [-0.1, -0.05) is 11.6 Å². The Kier molecular flexibility index (Phi) is 6.59. The van der Waals surface area contributed by atoms with E-state index in [4.69, 9.17) is 4.74 Å². The van der Waals surface area contributed by atoms with Crippen LogP contribution in [0.3, 0.4) is 0 Å². The highest BCUT2D eigenvalue weighted by Gasteiger charge is 2.21. The normalized spacial score (nSPS) is 14.1. The van der Waals surface area contributed by atoms with E-state index >= 15 is 0 Å². The lowest BCUT2D eigenvalue weighted by Crippen LogP contribution is -2.27. The zero-order valence-electron chi connectivity index (χ0n) is 16.7. The van der Waals surface area contributed by atoms with Crippen LogP contribution < -0.4 is 14.4 Å². The van der Waals surface area contributed by atoms with Crippen LogP contribution in [0, 0.1) is 0 Å². The molecule has 0 atom stereocenters. The number of rotatable bonds is 7. The summed E-state index contributed by atoms with van der Waals surface area (Å²) in [5.74, 6) is 0.426. The minimum absolute atomic E-state index is 0.163. The van der Waals surface area contributed by atoms with Gasteiger partial charge in [-0.3, -0.25) is 9.10 Å². The van der Waals surface area contributed by atoms with Crippen LogP contribution >= 0.6 is 0 Å². The van der Waals surface area contributed by atoms with Gasteiger partial charge in [-0.15, -0.1) is 0 Å². The van der Waals surface area contributed by atoms with Crippen molar-refractivity contribution in [2.45, 2.75) is 30.6 Å². The molecule has 6 nitrogen and oxygen atoms in total. The molecule has 1 amide bonds. The van der Waals surface area contributed by atoms with Crippen LogP contribution in [0.25, 0.3) is 0 Å². The summed E-state index contributed by atoms with van der Waals surface area (Å²) in [7, 11) is -0.688. The monoisotopic (exact) mass is 414 g/mol. The number of amides is 1. The van der Waals surface area contributed by atoms with E-state index in [1.165, 1.54) is 49.0 Å². The molecular weight excluding hydrogens is 388 g/mol. The van der Waals surface area contributed by atoms with E-state index in [0.29, 0.717) is 23.5 Å². The van der Waals surface area contributed by atoms with Gasteiger partial charge in [0.2, 0.25) is 0 Å². The van der Waals surface area contributed by atoms with Gasteiger partial charge in [0.15, 0.2) is 0 Å². The first-order valence-electron chi connectivity index (χ1n) is 9.61. The highest BCUT2D eigenvalue weighted by Crippen LogP contribution is 2.24. The standard InChI is InChI=1S/C22H26N2O4S/c1-24(29(26,27)21-14-12-20(28-2)13-15-21)19-10-8-18(9-11-19)22(25)23-16-17-6-4-3-5-7-17/h6,8-15H,3-5,7,16H2,1-2H3,(H,23,25). The van der Waals surface area contributed by atoms with Gasteiger partial charge in [0.25, 0.3) is 15.9 Å². The highest BCUT2D eigenvalue weighted by molar-refractivity contribution is 7.92. The molecule has 154 valence electrons. The molecule has 2 aromatic carbocycles. The van der Waals surface area contributed by atoms with Crippen LogP contribution in [0.5, 0.6) is 5.75 Å². The van der Waals surface area contributed by atoms with E-state index < -0.39 is 10.0 Å². The first-order valence-corrected chi connectivity index (χ1v) is 11.0. The highest BCUT2D eigenvalue weighted by atomic mass is 32.2. The first-order chi connectivity index (χ1) is 13.9. The van der Waals surface area contributed by atoms with Crippen molar-refractivity contribution in [3.63, 3.8) is 0 Å². The van der Waals surface area contributed by atoms with Crippen LogP contribution in [-0.2, 0) is 10.0 Å². The average molecular weight is 415 g/mol. The smallest absolute Gasteiger partial charge is 0.264 e. The molecule has 0 fully saturated rings. The summed E-state index contributed by atoms with van der Waals surface area (Å²) in [6, 6.07) is 12.8. The van der Waals surface area contributed by atoms with E-state index in [0.717, 1.165) is 12.8 Å². The van der Waals surface area contributed by atoms with E-state index in [1.54, 1.807) is 36.4 Å². The van der Waals surface area contributed by atoms with E-state index in [2.05, 4.69) is 11.4 Å². The Hall–Kier alpha value is -2.80. The Morgan fingerprint density at radius 2 is 1.76 bits per heavy atom. The number of hydrogen-bond acceptors (Lipinski definition) is 4. The second kappa shape index (κ2) is 9.13. The van der Waals surface area contributed by atoms with Crippen molar-refractivity contribution >= 4 is 21.6 Å². The van der Waals surface area contributed by atoms with Gasteiger partial charge >= 0.3 is 0 Å².